The summed E-state index contributed by atoms with van der Waals surface area (Å²) in [5.74, 6) is 1.64. The topological polar surface area (TPSA) is 68.1 Å². The second-order valence-corrected chi connectivity index (χ2v) is 11.0. The predicted octanol–water partition coefficient (Wildman–Crippen LogP) is 6.21. The molecule has 0 radical (unpaired) electrons. The lowest BCUT2D eigenvalue weighted by atomic mass is 9.51. The minimum absolute atomic E-state index is 0.00844. The van der Waals surface area contributed by atoms with Gasteiger partial charge in [0.05, 0.1) is 18.4 Å². The molecule has 1 aromatic carbocycles. The molecule has 0 heterocycles. The molecule has 188 valence electrons. The van der Waals surface area contributed by atoms with Gasteiger partial charge in [-0.05, 0) is 92.6 Å². The van der Waals surface area contributed by atoms with Crippen LogP contribution in [0, 0.1) is 17.3 Å². The van der Waals surface area contributed by atoms with Crippen LogP contribution in [-0.2, 0) is 14.3 Å². The lowest BCUT2D eigenvalue weighted by molar-refractivity contribution is -0.168. The van der Waals surface area contributed by atoms with Crippen LogP contribution in [0.1, 0.15) is 82.8 Å². The highest BCUT2D eigenvalue weighted by atomic mass is 16.5. The number of nitrogens with zero attached hydrogens (tertiary/aromatic N) is 1. The van der Waals surface area contributed by atoms with Gasteiger partial charge < -0.3 is 14.7 Å². The predicted molar refractivity (Wildman–Crippen MR) is 137 cm³/mol. The zero-order valence-corrected chi connectivity index (χ0v) is 21.4. The van der Waals surface area contributed by atoms with E-state index in [1.165, 1.54) is 29.3 Å². The summed E-state index contributed by atoms with van der Waals surface area (Å²) in [6.07, 6.45) is 10.3. The van der Waals surface area contributed by atoms with E-state index in [2.05, 4.69) is 38.1 Å². The minimum atomic E-state index is -0.265. The lowest BCUT2D eigenvalue weighted by Crippen LogP contribution is -2.55. The number of ketones is 1. The van der Waals surface area contributed by atoms with Crippen LogP contribution >= 0.6 is 0 Å². The summed E-state index contributed by atoms with van der Waals surface area (Å²) in [6.45, 7) is 8.70. The Morgan fingerprint density at radius 1 is 1.11 bits per heavy atom. The molecule has 35 heavy (non-hydrogen) atoms. The van der Waals surface area contributed by atoms with Crippen molar-refractivity contribution in [3.8, 4) is 0 Å². The second-order valence-electron chi connectivity index (χ2n) is 11.0. The Morgan fingerprint density at radius 2 is 1.91 bits per heavy atom. The highest BCUT2D eigenvalue weighted by molar-refractivity contribution is 5.93. The van der Waals surface area contributed by atoms with Crippen molar-refractivity contribution < 1.29 is 19.5 Å². The normalized spacial score (nSPS) is 34.5. The van der Waals surface area contributed by atoms with E-state index in [0.717, 1.165) is 37.7 Å². The van der Waals surface area contributed by atoms with Gasteiger partial charge in [-0.2, -0.15) is 0 Å². The van der Waals surface area contributed by atoms with Crippen LogP contribution in [0.4, 0.5) is 0 Å². The third kappa shape index (κ3) is 4.01. The van der Waals surface area contributed by atoms with E-state index in [1.807, 2.05) is 18.2 Å². The monoisotopic (exact) mass is 477 g/mol. The summed E-state index contributed by atoms with van der Waals surface area (Å²) >= 11 is 0. The Labute approximate surface area is 209 Å². The standard InChI is InChI=1S/C30H39NO4/c1-4-34-19-30(35-5-2)15-14-27-25-12-10-22-16-23(32)11-13-24(22)28(25)26(17-29(27,30)3)21-8-6-20(7-9-21)18-31-33/h6-9,16,18,25-27,33H,4-5,10-15,17,19H2,1-3H3/t25-,26+,27-,29-,30+/m0/s1. The molecule has 1 N–H and O–H groups in total. The third-order valence-corrected chi connectivity index (χ3v) is 9.53. The molecule has 0 saturated heterocycles. The van der Waals surface area contributed by atoms with Crippen molar-refractivity contribution in [2.24, 2.45) is 22.4 Å². The third-order valence-electron chi connectivity index (χ3n) is 9.53. The van der Waals surface area contributed by atoms with Crippen LogP contribution in [0.5, 0.6) is 0 Å². The van der Waals surface area contributed by atoms with Gasteiger partial charge in [0.15, 0.2) is 5.78 Å². The number of oxime groups is 1. The summed E-state index contributed by atoms with van der Waals surface area (Å²) in [7, 11) is 0. The van der Waals surface area contributed by atoms with Gasteiger partial charge in [0.25, 0.3) is 0 Å². The highest BCUT2D eigenvalue weighted by Gasteiger charge is 2.64. The first kappa shape index (κ1) is 24.5. The molecular formula is C30H39NO4. The molecule has 0 aliphatic heterocycles. The molecule has 0 unspecified atom stereocenters. The van der Waals surface area contributed by atoms with E-state index in [4.69, 9.17) is 14.7 Å². The number of rotatable bonds is 7. The first-order chi connectivity index (χ1) is 17.0. The summed E-state index contributed by atoms with van der Waals surface area (Å²) in [6, 6.07) is 8.47. The minimum Gasteiger partial charge on any atom is -0.411 e. The fraction of sp³-hybridized carbons (Fsp3) is 0.600. The molecule has 0 aromatic heterocycles. The summed E-state index contributed by atoms with van der Waals surface area (Å²) < 4.78 is 12.7. The van der Waals surface area contributed by atoms with E-state index in [-0.39, 0.29) is 22.7 Å². The first-order valence-corrected chi connectivity index (χ1v) is 13.4. The smallest absolute Gasteiger partial charge is 0.156 e. The van der Waals surface area contributed by atoms with Crippen LogP contribution < -0.4 is 0 Å². The number of fused-ring (bicyclic) bond motifs is 4. The number of carbonyl (C=O) groups is 1. The Morgan fingerprint density at radius 3 is 2.63 bits per heavy atom. The molecule has 0 bridgehead atoms. The Hall–Kier alpha value is -2.24. The zero-order chi connectivity index (χ0) is 24.6. The molecule has 4 aliphatic carbocycles. The quantitative estimate of drug-likeness (QED) is 0.288. The van der Waals surface area contributed by atoms with E-state index in [9.17, 15) is 4.79 Å². The van der Waals surface area contributed by atoms with Crippen molar-refractivity contribution in [2.45, 2.75) is 77.2 Å². The van der Waals surface area contributed by atoms with Crippen LogP contribution in [0.15, 0.2) is 52.2 Å². The fourth-order valence-electron chi connectivity index (χ4n) is 7.98. The molecule has 5 atom stereocenters. The second kappa shape index (κ2) is 9.67. The van der Waals surface area contributed by atoms with Crippen LogP contribution in [-0.4, -0.2) is 42.6 Å². The van der Waals surface area contributed by atoms with Gasteiger partial charge >= 0.3 is 0 Å². The van der Waals surface area contributed by atoms with Gasteiger partial charge in [-0.15, -0.1) is 0 Å². The molecular weight excluding hydrogens is 438 g/mol. The first-order valence-electron chi connectivity index (χ1n) is 13.4. The van der Waals surface area contributed by atoms with Crippen molar-refractivity contribution in [3.63, 3.8) is 0 Å². The van der Waals surface area contributed by atoms with Gasteiger partial charge in [-0.25, -0.2) is 0 Å². The molecule has 0 spiro atoms. The molecule has 2 saturated carbocycles. The van der Waals surface area contributed by atoms with Gasteiger partial charge in [-0.1, -0.05) is 41.9 Å². The summed E-state index contributed by atoms with van der Waals surface area (Å²) in [4.78, 5) is 12.3. The van der Waals surface area contributed by atoms with Gasteiger partial charge in [0, 0.05) is 31.0 Å². The molecule has 5 rings (SSSR count). The van der Waals surface area contributed by atoms with Crippen LogP contribution in [0.2, 0.25) is 0 Å². The van der Waals surface area contributed by atoms with Crippen molar-refractivity contribution in [1.82, 2.24) is 0 Å². The maximum Gasteiger partial charge on any atom is 0.156 e. The number of hydrogen-bond donors (Lipinski definition) is 1. The molecule has 1 aromatic rings. The van der Waals surface area contributed by atoms with E-state index >= 15 is 0 Å². The SMILES string of the molecule is CCOC[C@]1(OCC)CC[C@H]2[C@@H]3CCC4=CC(=O)CCC4=C3[C@@H](c3ccc(C=NO)cc3)C[C@@]21C. The largest absolute Gasteiger partial charge is 0.411 e. The molecule has 5 nitrogen and oxygen atoms in total. The molecule has 0 amide bonds. The van der Waals surface area contributed by atoms with Crippen molar-refractivity contribution in [1.29, 1.82) is 0 Å². The maximum atomic E-state index is 12.3. The van der Waals surface area contributed by atoms with E-state index in [0.29, 0.717) is 38.1 Å². The zero-order valence-electron chi connectivity index (χ0n) is 21.4. The van der Waals surface area contributed by atoms with Gasteiger partial charge in [0.1, 0.15) is 0 Å². The van der Waals surface area contributed by atoms with E-state index < -0.39 is 0 Å². The number of carbonyl (C=O) groups excluding carboxylic acids is 1. The highest BCUT2D eigenvalue weighted by Crippen LogP contribution is 2.67. The fourth-order valence-corrected chi connectivity index (χ4v) is 7.98. The van der Waals surface area contributed by atoms with Crippen LogP contribution in [0.3, 0.4) is 0 Å². The average Bonchev–Trinajstić information content (AvgIpc) is 3.14. The van der Waals surface area contributed by atoms with Gasteiger partial charge in [0.2, 0.25) is 0 Å². The number of ether oxygens (including phenoxy) is 2. The summed E-state index contributed by atoms with van der Waals surface area (Å²) in [5.41, 5.74) is 6.27. The van der Waals surface area contributed by atoms with E-state index in [1.54, 1.807) is 5.57 Å². The Kier molecular flexibility index (Phi) is 6.75. The Balaban J connectivity index is 1.64. The summed E-state index contributed by atoms with van der Waals surface area (Å²) in [5, 5.41) is 12.2. The molecule has 5 heteroatoms. The average molecular weight is 478 g/mol. The number of allylic oxidation sites excluding steroid dienone is 4. The molecule has 2 fully saturated rings. The number of hydrogen-bond acceptors (Lipinski definition) is 5. The number of benzene rings is 1. The van der Waals surface area contributed by atoms with Crippen molar-refractivity contribution in [3.05, 3.63) is 58.2 Å². The van der Waals surface area contributed by atoms with Crippen LogP contribution in [0.25, 0.3) is 0 Å². The lowest BCUT2D eigenvalue weighted by Gasteiger charge is -2.56. The van der Waals surface area contributed by atoms with Crippen molar-refractivity contribution >= 4 is 12.0 Å². The Bertz CT molecular complexity index is 1050. The maximum absolute atomic E-state index is 12.3. The van der Waals surface area contributed by atoms with Gasteiger partial charge in [-0.3, -0.25) is 4.79 Å². The molecule has 4 aliphatic rings. The van der Waals surface area contributed by atoms with Crippen molar-refractivity contribution in [2.75, 3.05) is 19.8 Å².